The van der Waals surface area contributed by atoms with Crippen LogP contribution < -0.4 is 9.80 Å². The summed E-state index contributed by atoms with van der Waals surface area (Å²) in [6, 6.07) is 20.9. The molecule has 27 heavy (non-hydrogen) atoms. The molecule has 4 nitrogen and oxygen atoms in total. The average Bonchev–Trinajstić information content (AvgIpc) is 2.67. The molecule has 0 radical (unpaired) electrons. The second-order valence-electron chi connectivity index (χ2n) is 7.01. The summed E-state index contributed by atoms with van der Waals surface area (Å²) in [5, 5.41) is 9.66. The zero-order chi connectivity index (χ0) is 19.6. The van der Waals surface area contributed by atoms with E-state index >= 15 is 0 Å². The summed E-state index contributed by atoms with van der Waals surface area (Å²) < 4.78 is 0. The Morgan fingerprint density at radius 3 is 1.70 bits per heavy atom. The van der Waals surface area contributed by atoms with Crippen LogP contribution in [0.4, 0.5) is 11.4 Å². The smallest absolute Gasteiger partial charge is 0.102 e. The number of hydrogen-bond acceptors (Lipinski definition) is 4. The molecule has 0 atom stereocenters. The third-order valence-corrected chi connectivity index (χ3v) is 4.69. The molecule has 0 fully saturated rings. The zero-order valence-corrected chi connectivity index (χ0v) is 16.5. The lowest BCUT2D eigenvalue weighted by atomic mass is 9.97. The van der Waals surface area contributed by atoms with E-state index in [2.05, 4.69) is 69.4 Å². The van der Waals surface area contributed by atoms with E-state index in [1.54, 1.807) is 0 Å². The SMILES string of the molecule is Cc1nc(-c2ccc(N(C)C)cc2)cc(-c2ccc(N(C)C)cc2)c1C#N. The molecule has 0 aliphatic heterocycles. The topological polar surface area (TPSA) is 43.2 Å². The number of aromatic nitrogens is 1. The van der Waals surface area contributed by atoms with Gasteiger partial charge < -0.3 is 9.80 Å². The molecular weight excluding hydrogens is 332 g/mol. The first kappa shape index (κ1) is 18.5. The summed E-state index contributed by atoms with van der Waals surface area (Å²) in [5.74, 6) is 0. The molecule has 3 aromatic rings. The fourth-order valence-corrected chi connectivity index (χ4v) is 3.06. The van der Waals surface area contributed by atoms with Crippen LogP contribution in [-0.4, -0.2) is 33.2 Å². The van der Waals surface area contributed by atoms with Crippen molar-refractivity contribution in [3.8, 4) is 28.5 Å². The van der Waals surface area contributed by atoms with Crippen molar-refractivity contribution >= 4 is 11.4 Å². The maximum atomic E-state index is 9.66. The molecule has 1 heterocycles. The van der Waals surface area contributed by atoms with Crippen molar-refractivity contribution in [2.24, 2.45) is 0 Å². The molecule has 0 aliphatic carbocycles. The molecule has 0 N–H and O–H groups in total. The van der Waals surface area contributed by atoms with Crippen molar-refractivity contribution < 1.29 is 0 Å². The highest BCUT2D eigenvalue weighted by molar-refractivity contribution is 5.77. The Morgan fingerprint density at radius 1 is 0.778 bits per heavy atom. The molecule has 4 heteroatoms. The van der Waals surface area contributed by atoms with Gasteiger partial charge in [0.05, 0.1) is 17.0 Å². The van der Waals surface area contributed by atoms with Crippen molar-refractivity contribution in [1.82, 2.24) is 4.98 Å². The summed E-state index contributed by atoms with van der Waals surface area (Å²) in [6.45, 7) is 1.90. The predicted octanol–water partition coefficient (Wildman–Crippen LogP) is 4.73. The lowest BCUT2D eigenvalue weighted by Crippen LogP contribution is -2.08. The molecule has 0 unspecified atom stereocenters. The normalized spacial score (nSPS) is 10.4. The second kappa shape index (κ2) is 7.51. The molecular formula is C23H24N4. The first-order chi connectivity index (χ1) is 12.9. The van der Waals surface area contributed by atoms with E-state index in [0.717, 1.165) is 39.5 Å². The van der Waals surface area contributed by atoms with Gasteiger partial charge in [-0.05, 0) is 42.8 Å². The number of pyridine rings is 1. The number of nitriles is 1. The molecule has 0 saturated heterocycles. The number of nitrogens with zero attached hydrogens (tertiary/aromatic N) is 4. The standard InChI is InChI=1S/C23H24N4/c1-16-22(15-24)21(17-6-10-19(11-7-17)26(2)3)14-23(25-16)18-8-12-20(13-9-18)27(4)5/h6-14H,1-5H3. The number of aryl methyl sites for hydroxylation is 1. The third kappa shape index (κ3) is 3.78. The van der Waals surface area contributed by atoms with Crippen LogP contribution >= 0.6 is 0 Å². The van der Waals surface area contributed by atoms with Crippen LogP contribution in [0.1, 0.15) is 11.3 Å². The summed E-state index contributed by atoms with van der Waals surface area (Å²) >= 11 is 0. The molecule has 1 aromatic heterocycles. The number of hydrogen-bond donors (Lipinski definition) is 0. The van der Waals surface area contributed by atoms with Gasteiger partial charge in [0.25, 0.3) is 0 Å². The Hall–Kier alpha value is -3.32. The van der Waals surface area contributed by atoms with Gasteiger partial charge in [-0.2, -0.15) is 5.26 Å². The van der Waals surface area contributed by atoms with Gasteiger partial charge in [-0.15, -0.1) is 0 Å². The van der Waals surface area contributed by atoms with E-state index in [-0.39, 0.29) is 0 Å². The van der Waals surface area contributed by atoms with Crippen LogP contribution in [0.2, 0.25) is 0 Å². The fraction of sp³-hybridized carbons (Fsp3) is 0.217. The summed E-state index contributed by atoms with van der Waals surface area (Å²) in [4.78, 5) is 8.80. The maximum absolute atomic E-state index is 9.66. The minimum Gasteiger partial charge on any atom is -0.378 e. The zero-order valence-electron chi connectivity index (χ0n) is 16.5. The van der Waals surface area contributed by atoms with Gasteiger partial charge in [0.2, 0.25) is 0 Å². The predicted molar refractivity (Wildman–Crippen MR) is 113 cm³/mol. The number of rotatable bonds is 4. The van der Waals surface area contributed by atoms with Crippen LogP contribution in [0.25, 0.3) is 22.4 Å². The van der Waals surface area contributed by atoms with Crippen molar-refractivity contribution in [1.29, 1.82) is 5.26 Å². The quantitative estimate of drug-likeness (QED) is 0.678. The minimum atomic E-state index is 0.626. The van der Waals surface area contributed by atoms with E-state index in [1.165, 1.54) is 0 Å². The molecule has 0 spiro atoms. The van der Waals surface area contributed by atoms with Crippen molar-refractivity contribution in [3.05, 3.63) is 65.9 Å². The van der Waals surface area contributed by atoms with Crippen molar-refractivity contribution in [3.63, 3.8) is 0 Å². The lowest BCUT2D eigenvalue weighted by molar-refractivity contribution is 1.13. The molecule has 0 aliphatic rings. The highest BCUT2D eigenvalue weighted by atomic mass is 15.1. The minimum absolute atomic E-state index is 0.626. The van der Waals surface area contributed by atoms with E-state index in [0.29, 0.717) is 5.56 Å². The summed E-state index contributed by atoms with van der Waals surface area (Å²) in [7, 11) is 8.08. The molecule has 0 bridgehead atoms. The Morgan fingerprint density at radius 2 is 1.26 bits per heavy atom. The van der Waals surface area contributed by atoms with E-state index in [1.807, 2.05) is 41.2 Å². The summed E-state index contributed by atoms with van der Waals surface area (Å²) in [5.41, 5.74) is 7.50. The average molecular weight is 356 g/mol. The van der Waals surface area contributed by atoms with Crippen LogP contribution in [0, 0.1) is 18.3 Å². The monoisotopic (exact) mass is 356 g/mol. The lowest BCUT2D eigenvalue weighted by Gasteiger charge is -2.15. The maximum Gasteiger partial charge on any atom is 0.102 e. The highest BCUT2D eigenvalue weighted by Crippen LogP contribution is 2.31. The van der Waals surface area contributed by atoms with Gasteiger partial charge in [-0.3, -0.25) is 4.98 Å². The summed E-state index contributed by atoms with van der Waals surface area (Å²) in [6.07, 6.45) is 0. The largest absolute Gasteiger partial charge is 0.378 e. The van der Waals surface area contributed by atoms with Gasteiger partial charge >= 0.3 is 0 Å². The Balaban J connectivity index is 2.09. The van der Waals surface area contributed by atoms with Crippen molar-refractivity contribution in [2.75, 3.05) is 38.0 Å². The van der Waals surface area contributed by atoms with Crippen LogP contribution in [0.15, 0.2) is 54.6 Å². The van der Waals surface area contributed by atoms with Gasteiger partial charge in [-0.1, -0.05) is 24.3 Å². The van der Waals surface area contributed by atoms with Crippen LogP contribution in [0.5, 0.6) is 0 Å². The second-order valence-corrected chi connectivity index (χ2v) is 7.01. The molecule has 0 saturated carbocycles. The number of anilines is 2. The van der Waals surface area contributed by atoms with E-state index in [4.69, 9.17) is 0 Å². The highest BCUT2D eigenvalue weighted by Gasteiger charge is 2.13. The first-order valence-electron chi connectivity index (χ1n) is 8.88. The van der Waals surface area contributed by atoms with Crippen LogP contribution in [0.3, 0.4) is 0 Å². The van der Waals surface area contributed by atoms with Crippen molar-refractivity contribution in [2.45, 2.75) is 6.92 Å². The van der Waals surface area contributed by atoms with E-state index < -0.39 is 0 Å². The van der Waals surface area contributed by atoms with Crippen LogP contribution in [-0.2, 0) is 0 Å². The molecule has 136 valence electrons. The first-order valence-corrected chi connectivity index (χ1v) is 8.88. The Kier molecular flexibility index (Phi) is 5.14. The Bertz CT molecular complexity index is 979. The molecule has 3 rings (SSSR count). The fourth-order valence-electron chi connectivity index (χ4n) is 3.06. The molecule has 2 aromatic carbocycles. The van der Waals surface area contributed by atoms with Gasteiger partial charge in [0, 0.05) is 50.7 Å². The van der Waals surface area contributed by atoms with Gasteiger partial charge in [0.15, 0.2) is 0 Å². The number of benzene rings is 2. The Labute approximate surface area is 161 Å². The van der Waals surface area contributed by atoms with Gasteiger partial charge in [0.1, 0.15) is 6.07 Å². The molecule has 0 amide bonds. The van der Waals surface area contributed by atoms with Gasteiger partial charge in [-0.25, -0.2) is 0 Å². The third-order valence-electron chi connectivity index (χ3n) is 4.69. The van der Waals surface area contributed by atoms with E-state index in [9.17, 15) is 5.26 Å².